The molecule has 108 heavy (non-hydrogen) atoms. The predicted molar refractivity (Wildman–Crippen MR) is 445 cm³/mol. The lowest BCUT2D eigenvalue weighted by Crippen LogP contribution is -2.30. The summed E-state index contributed by atoms with van der Waals surface area (Å²) >= 11 is 0. The zero-order valence-electron chi connectivity index (χ0n) is 67.0. The third-order valence-electron chi connectivity index (χ3n) is 21.4. The van der Waals surface area contributed by atoms with Gasteiger partial charge in [0.25, 0.3) is 23.3 Å². The van der Waals surface area contributed by atoms with Crippen molar-refractivity contribution in [1.29, 1.82) is 0 Å². The van der Waals surface area contributed by atoms with E-state index >= 15 is 0 Å². The molecule has 8 aromatic heterocycles. The van der Waals surface area contributed by atoms with Crippen LogP contribution >= 0.6 is 0 Å². The summed E-state index contributed by atoms with van der Waals surface area (Å²) in [6.07, 6.45) is 8.03. The first kappa shape index (κ1) is 74.5. The number of fused-ring (bicyclic) bond motifs is 4. The van der Waals surface area contributed by atoms with Crippen LogP contribution < -0.4 is 18.3 Å². The molecule has 8 aromatic carbocycles. The van der Waals surface area contributed by atoms with Crippen LogP contribution in [-0.4, -0.2) is 38.2 Å². The van der Waals surface area contributed by atoms with Gasteiger partial charge in [0.05, 0.1) is 50.4 Å². The van der Waals surface area contributed by atoms with Gasteiger partial charge in [-0.15, -0.1) is 0 Å². The van der Waals surface area contributed by atoms with E-state index in [1.807, 2.05) is 45.6 Å². The Labute approximate surface area is 638 Å². The number of para-hydroxylation sites is 12. The van der Waals surface area contributed by atoms with Crippen molar-refractivity contribution in [2.75, 3.05) is 0 Å². The summed E-state index contributed by atoms with van der Waals surface area (Å²) in [6.45, 7) is 37.0. The van der Waals surface area contributed by atoms with Gasteiger partial charge in [0, 0.05) is 64.3 Å². The first-order valence-electron chi connectivity index (χ1n) is 37.9. The Kier molecular flexibility index (Phi) is 21.4. The van der Waals surface area contributed by atoms with Crippen LogP contribution in [0.3, 0.4) is 0 Å². The van der Waals surface area contributed by atoms with Crippen LogP contribution in [0.2, 0.25) is 0 Å². The van der Waals surface area contributed by atoms with E-state index in [1.54, 1.807) is 0 Å². The third kappa shape index (κ3) is 14.0. The summed E-state index contributed by atoms with van der Waals surface area (Å²) in [5, 5.41) is 0. The summed E-state index contributed by atoms with van der Waals surface area (Å²) in [5.41, 5.74) is 36.4. The standard InChI is InChI=1S/C27H32N3.C24H26N3.C23H24N3.C22H22N3/c1-17(2)21-11-10-12-22(18(3)4)26(21)30-25-14-9-8-13-24(25)29(7)27(30)23-16-28-20(6)15-19(23)5;1-16(2)19-10-6-7-11-21(19)27-23-13-9-8-12-22(23)26(5)24(27)20-15-25-18(4)14-17(20)3;1-15-9-8-10-16(2)22(15)26-21-12-7-6-11-20(21)25(5)23(26)19-14-24-18(4)13-17(19)3;1-15-9-5-6-10-19(15)25-21-12-8-7-11-20(21)24(4)22(25)18-14-23-17(3)13-16(18)2/h8-18H,1-7H3;6-16H,1-5H3;6-14H,1-5H3;5-14H,1-4H3/q4*+1. The fourth-order valence-corrected chi connectivity index (χ4v) is 16.0. The molecule has 0 amide bonds. The van der Waals surface area contributed by atoms with Crippen LogP contribution in [0, 0.1) is 76.2 Å². The number of rotatable bonds is 11. The summed E-state index contributed by atoms with van der Waals surface area (Å²) < 4.78 is 18.7. The molecule has 0 fully saturated rings. The molecule has 0 aliphatic rings. The largest absolute Gasteiger partial charge is 0.296 e. The molecule has 12 heteroatoms. The highest BCUT2D eigenvalue weighted by molar-refractivity contribution is 5.84. The smallest absolute Gasteiger partial charge is 0.261 e. The summed E-state index contributed by atoms with van der Waals surface area (Å²) in [5.74, 6) is 5.95. The Morgan fingerprint density at radius 1 is 0.250 bits per heavy atom. The van der Waals surface area contributed by atoms with Crippen LogP contribution in [0.15, 0.2) is 231 Å². The Morgan fingerprint density at radius 2 is 0.509 bits per heavy atom. The van der Waals surface area contributed by atoms with Crippen LogP contribution in [-0.2, 0) is 28.2 Å². The molecule has 0 radical (unpaired) electrons. The highest BCUT2D eigenvalue weighted by Crippen LogP contribution is 2.39. The molecular formula is C96H104N12+4. The Morgan fingerprint density at radius 3 is 0.852 bits per heavy atom. The number of nitrogens with zero attached hydrogens (tertiary/aromatic N) is 12. The molecular weight excluding hydrogens is 1320 g/mol. The van der Waals surface area contributed by atoms with Gasteiger partial charge in [-0.25, -0.2) is 18.3 Å². The fourth-order valence-electron chi connectivity index (χ4n) is 16.0. The molecule has 0 saturated heterocycles. The van der Waals surface area contributed by atoms with Crippen LogP contribution in [0.5, 0.6) is 0 Å². The van der Waals surface area contributed by atoms with Crippen molar-refractivity contribution in [3.63, 3.8) is 0 Å². The predicted octanol–water partition coefficient (Wildman–Crippen LogP) is 20.8. The van der Waals surface area contributed by atoms with Gasteiger partial charge >= 0.3 is 0 Å². The minimum Gasteiger partial charge on any atom is -0.261 e. The van der Waals surface area contributed by atoms with Gasteiger partial charge in [-0.1, -0.05) is 163 Å². The second-order valence-corrected chi connectivity index (χ2v) is 30.2. The Bertz CT molecular complexity index is 6020. The molecule has 0 N–H and O–H groups in total. The first-order valence-corrected chi connectivity index (χ1v) is 37.9. The van der Waals surface area contributed by atoms with E-state index in [4.69, 9.17) is 0 Å². The van der Waals surface area contributed by atoms with Crippen molar-refractivity contribution in [3.05, 3.63) is 309 Å². The van der Waals surface area contributed by atoms with Gasteiger partial charge in [0.15, 0.2) is 44.1 Å². The van der Waals surface area contributed by atoms with E-state index in [0.717, 1.165) is 56.9 Å². The number of aryl methyl sites for hydroxylation is 15. The van der Waals surface area contributed by atoms with Gasteiger partial charge in [-0.05, 0) is 218 Å². The highest BCUT2D eigenvalue weighted by atomic mass is 15.2. The maximum absolute atomic E-state index is 4.65. The molecule has 0 aliphatic carbocycles. The third-order valence-corrected chi connectivity index (χ3v) is 21.4. The van der Waals surface area contributed by atoms with Crippen molar-refractivity contribution in [3.8, 4) is 68.3 Å². The Hall–Kier alpha value is -11.8. The maximum Gasteiger partial charge on any atom is 0.296 e. The first-order chi connectivity index (χ1) is 51.9. The molecule has 0 bridgehead atoms. The second kappa shape index (κ2) is 31.0. The van der Waals surface area contributed by atoms with E-state index in [1.165, 1.54) is 134 Å². The van der Waals surface area contributed by atoms with E-state index in [-0.39, 0.29) is 0 Å². The SMILES string of the molecule is Cc1cc(C)c(-c2n(-c3c(C(C)C)cccc3C(C)C)c3ccccc3[n+]2C)cn1.Cc1cc(C)c(-c2n(-c3c(C)cccc3C)c3ccccc3[n+]2C)cn1.Cc1cc(C)c(-c2n(-c3ccccc3C(C)C)c3ccccc3[n+]2C)cn1.Cc1cc(C)c(-c2n(-c3ccccc3C)c3ccccc3[n+]2C)cn1. The molecule has 0 atom stereocenters. The van der Waals surface area contributed by atoms with Crippen molar-refractivity contribution >= 4 is 44.1 Å². The monoisotopic (exact) mass is 1420 g/mol. The molecule has 16 aromatic rings. The van der Waals surface area contributed by atoms with Crippen molar-refractivity contribution in [1.82, 2.24) is 38.2 Å². The molecule has 8 heterocycles. The van der Waals surface area contributed by atoms with Crippen LogP contribution in [0.1, 0.15) is 138 Å². The topological polar surface area (TPSA) is 86.8 Å². The van der Waals surface area contributed by atoms with Crippen molar-refractivity contribution in [2.45, 2.75) is 135 Å². The normalized spacial score (nSPS) is 11.4. The van der Waals surface area contributed by atoms with Gasteiger partial charge in [0.2, 0.25) is 0 Å². The quantitative estimate of drug-likeness (QED) is 0.121. The average Bonchev–Trinajstić information content (AvgIpc) is 1.60. The minimum atomic E-state index is 0.426. The number of imidazole rings is 4. The summed E-state index contributed by atoms with van der Waals surface area (Å²) in [7, 11) is 8.58. The lowest BCUT2D eigenvalue weighted by Gasteiger charge is -2.18. The van der Waals surface area contributed by atoms with Gasteiger partial charge in [-0.2, -0.15) is 18.3 Å². The zero-order chi connectivity index (χ0) is 76.7. The summed E-state index contributed by atoms with van der Waals surface area (Å²) in [4.78, 5) is 18.4. The number of hydrogen-bond donors (Lipinski definition) is 0. The van der Waals surface area contributed by atoms with Gasteiger partial charge in [0.1, 0.15) is 22.7 Å². The molecule has 0 aliphatic heterocycles. The number of aromatic nitrogens is 12. The highest BCUT2D eigenvalue weighted by Gasteiger charge is 2.35. The van der Waals surface area contributed by atoms with Crippen LogP contribution in [0.4, 0.5) is 0 Å². The van der Waals surface area contributed by atoms with E-state index < -0.39 is 0 Å². The molecule has 0 saturated carbocycles. The number of benzene rings is 8. The lowest BCUT2D eigenvalue weighted by atomic mass is 9.92. The van der Waals surface area contributed by atoms with Crippen molar-refractivity contribution < 1.29 is 18.3 Å². The fraction of sp³-hybridized carbons (Fsp3) is 0.250. The van der Waals surface area contributed by atoms with E-state index in [0.29, 0.717) is 17.8 Å². The lowest BCUT2D eigenvalue weighted by molar-refractivity contribution is -0.634. The average molecular weight is 1430 g/mol. The second-order valence-electron chi connectivity index (χ2n) is 30.2. The number of hydrogen-bond acceptors (Lipinski definition) is 4. The minimum absolute atomic E-state index is 0.426. The summed E-state index contributed by atoms with van der Waals surface area (Å²) in [6, 6.07) is 73.6. The molecule has 0 spiro atoms. The molecule has 0 unspecified atom stereocenters. The number of pyridine rings is 4. The molecule has 16 rings (SSSR count). The van der Waals surface area contributed by atoms with Crippen molar-refractivity contribution in [2.24, 2.45) is 28.2 Å². The van der Waals surface area contributed by atoms with Gasteiger partial charge < -0.3 is 0 Å². The van der Waals surface area contributed by atoms with Gasteiger partial charge in [-0.3, -0.25) is 19.9 Å². The van der Waals surface area contributed by atoms with E-state index in [9.17, 15) is 0 Å². The maximum atomic E-state index is 4.65. The van der Waals surface area contributed by atoms with E-state index in [2.05, 4.69) is 388 Å². The molecule has 544 valence electrons. The Balaban J connectivity index is 0.000000127. The zero-order valence-corrected chi connectivity index (χ0v) is 67.0. The van der Waals surface area contributed by atoms with Crippen LogP contribution in [0.25, 0.3) is 112 Å². The molecule has 12 nitrogen and oxygen atoms in total.